The number of rotatable bonds is 4. The van der Waals surface area contributed by atoms with Gasteiger partial charge in [-0.2, -0.15) is 0 Å². The van der Waals surface area contributed by atoms with Gasteiger partial charge in [0.05, 0.1) is 6.85 Å². The molecule has 0 N–H and O–H groups in total. The van der Waals surface area contributed by atoms with Crippen molar-refractivity contribution in [1.29, 1.82) is 0 Å². The molecule has 9 aromatic rings. The zero-order valence-corrected chi connectivity index (χ0v) is 24.2. The van der Waals surface area contributed by atoms with Crippen LogP contribution in [0.1, 0.15) is 6.85 Å². The molecule has 0 atom stereocenters. The first-order valence-electron chi connectivity index (χ1n) is 17.5. The molecule has 210 valence electrons. The molecule has 0 fully saturated rings. The molecular weight excluding hydrogens is 544 g/mol. The van der Waals surface area contributed by atoms with Gasteiger partial charge in [0.15, 0.2) is 0 Å². The average molecular weight is 578 g/mol. The van der Waals surface area contributed by atoms with Crippen LogP contribution in [0.4, 0.5) is 0 Å². The van der Waals surface area contributed by atoms with Crippen LogP contribution >= 0.6 is 0 Å². The van der Waals surface area contributed by atoms with Gasteiger partial charge in [-0.15, -0.1) is 0 Å². The predicted molar refractivity (Wildman–Crippen MR) is 190 cm³/mol. The third-order valence-corrected chi connectivity index (χ3v) is 8.74. The van der Waals surface area contributed by atoms with Crippen molar-refractivity contribution in [2.75, 3.05) is 0 Å². The zero-order valence-electron chi connectivity index (χ0n) is 29.2. The van der Waals surface area contributed by atoms with Crippen LogP contribution in [-0.2, 0) is 0 Å². The minimum absolute atomic E-state index is 0.192. The molecule has 1 nitrogen and oxygen atoms in total. The van der Waals surface area contributed by atoms with E-state index in [9.17, 15) is 0 Å². The Hall–Kier alpha value is -5.92. The van der Waals surface area contributed by atoms with E-state index in [1.165, 1.54) is 0 Å². The van der Waals surface area contributed by atoms with Crippen LogP contribution in [0.3, 0.4) is 0 Å². The van der Waals surface area contributed by atoms with Gasteiger partial charge < -0.3 is 4.42 Å². The van der Waals surface area contributed by atoms with E-state index in [4.69, 9.17) is 11.3 Å². The van der Waals surface area contributed by atoms with E-state index in [1.807, 2.05) is 54.6 Å². The maximum atomic E-state index is 8.60. The molecule has 0 aliphatic heterocycles. The van der Waals surface area contributed by atoms with Crippen LogP contribution in [0.5, 0.6) is 0 Å². The highest BCUT2D eigenvalue weighted by molar-refractivity contribution is 6.22. The molecular formula is C44H28O. The third kappa shape index (κ3) is 4.17. The molecule has 0 saturated heterocycles. The summed E-state index contributed by atoms with van der Waals surface area (Å²) in [7, 11) is 0. The minimum Gasteiger partial charge on any atom is -0.456 e. The van der Waals surface area contributed by atoms with E-state index in [0.29, 0.717) is 5.56 Å². The lowest BCUT2D eigenvalue weighted by Crippen LogP contribution is -1.91. The van der Waals surface area contributed by atoms with Crippen LogP contribution in [0, 0.1) is 0 Å². The second kappa shape index (κ2) is 10.4. The van der Waals surface area contributed by atoms with Gasteiger partial charge in [0.1, 0.15) is 11.2 Å². The van der Waals surface area contributed by atoms with Crippen LogP contribution in [0.25, 0.3) is 88.0 Å². The molecule has 1 heteroatoms. The summed E-state index contributed by atoms with van der Waals surface area (Å²) in [5.41, 5.74) is 8.79. The molecule has 0 unspecified atom stereocenters. The van der Waals surface area contributed by atoms with Gasteiger partial charge in [0.2, 0.25) is 0 Å². The van der Waals surface area contributed by atoms with Crippen molar-refractivity contribution >= 4 is 43.5 Å². The van der Waals surface area contributed by atoms with Gasteiger partial charge in [0, 0.05) is 10.8 Å². The van der Waals surface area contributed by atoms with Crippen LogP contribution < -0.4 is 0 Å². The zero-order chi connectivity index (χ0) is 34.1. The smallest absolute Gasteiger partial charge is 0.136 e. The van der Waals surface area contributed by atoms with Gasteiger partial charge >= 0.3 is 0 Å². The first-order chi connectivity index (χ1) is 24.4. The van der Waals surface area contributed by atoms with E-state index < -0.39 is 6.04 Å². The van der Waals surface area contributed by atoms with Crippen LogP contribution in [0.15, 0.2) is 174 Å². The first-order valence-corrected chi connectivity index (χ1v) is 15.0. The Morgan fingerprint density at radius 2 is 0.956 bits per heavy atom. The Balaban J connectivity index is 1.28. The molecule has 0 bridgehead atoms. The van der Waals surface area contributed by atoms with Crippen molar-refractivity contribution in [2.24, 2.45) is 0 Å². The van der Waals surface area contributed by atoms with Crippen molar-refractivity contribution in [3.8, 4) is 44.5 Å². The van der Waals surface area contributed by atoms with Gasteiger partial charge in [-0.25, -0.2) is 0 Å². The summed E-state index contributed by atoms with van der Waals surface area (Å²) in [6.45, 7) is 0. The van der Waals surface area contributed by atoms with E-state index in [-0.39, 0.29) is 29.7 Å². The fourth-order valence-electron chi connectivity index (χ4n) is 6.81. The minimum atomic E-state index is -0.398. The van der Waals surface area contributed by atoms with E-state index in [0.717, 1.165) is 76.9 Å². The lowest BCUT2D eigenvalue weighted by Gasteiger charge is -2.18. The van der Waals surface area contributed by atoms with E-state index in [2.05, 4.69) is 84.9 Å². The number of fused-ring (bicyclic) bond motifs is 5. The molecule has 0 amide bonds. The topological polar surface area (TPSA) is 13.1 Å². The van der Waals surface area contributed by atoms with Crippen molar-refractivity contribution in [3.05, 3.63) is 170 Å². The summed E-state index contributed by atoms with van der Waals surface area (Å²) < 4.78 is 48.3. The number of benzene rings is 8. The highest BCUT2D eigenvalue weighted by atomic mass is 16.3. The maximum absolute atomic E-state index is 8.60. The number of hydrogen-bond donors (Lipinski definition) is 0. The predicted octanol–water partition coefficient (Wildman–Crippen LogP) is 12.6. The van der Waals surface area contributed by atoms with Gasteiger partial charge in [0.25, 0.3) is 0 Å². The normalized spacial score (nSPS) is 13.1. The summed E-state index contributed by atoms with van der Waals surface area (Å²) in [5, 5.41) is 6.43. The molecule has 9 rings (SSSR count). The highest BCUT2D eigenvalue weighted by Gasteiger charge is 2.19. The Morgan fingerprint density at radius 3 is 1.64 bits per heavy atom. The van der Waals surface area contributed by atoms with Crippen LogP contribution in [-0.4, -0.2) is 0 Å². The van der Waals surface area contributed by atoms with E-state index >= 15 is 0 Å². The Morgan fingerprint density at radius 1 is 0.378 bits per heavy atom. The van der Waals surface area contributed by atoms with Gasteiger partial charge in [-0.05, 0) is 90.3 Å². The SMILES string of the molecule is [2H]c1c([2H])c([2H])c(-c2cccc(-c3c4ccccc4c(-c4ccc5c(c4)oc4cccc(-c6ccccc6)c45)c4ccccc34)c2)c([2H])c1[2H]. The summed E-state index contributed by atoms with van der Waals surface area (Å²) in [6, 6.07) is 46.0. The third-order valence-electron chi connectivity index (χ3n) is 8.74. The summed E-state index contributed by atoms with van der Waals surface area (Å²) in [4.78, 5) is 0. The van der Waals surface area contributed by atoms with E-state index in [1.54, 1.807) is 0 Å². The first kappa shape index (κ1) is 20.9. The van der Waals surface area contributed by atoms with Gasteiger partial charge in [-0.1, -0.05) is 145 Å². The Bertz CT molecular complexity index is 2730. The lowest BCUT2D eigenvalue weighted by molar-refractivity contribution is 0.669. The molecule has 1 aromatic heterocycles. The second-order valence-electron chi connectivity index (χ2n) is 11.3. The molecule has 1 heterocycles. The standard InChI is InChI=1S/C44H28O/c1-3-13-29(14-4-1)31-17-11-18-32(27-31)42-35-19-7-9-21-37(35)43(38-22-10-8-20-36(38)42)33-25-26-39-41(28-33)45-40-24-12-23-34(44(39)40)30-15-5-2-6-16-30/h1-28H/i1D,3D,4D,13D,14D. The monoisotopic (exact) mass is 577 g/mol. The molecule has 0 radical (unpaired) electrons. The quantitative estimate of drug-likeness (QED) is 0.190. The Labute approximate surface area is 268 Å². The van der Waals surface area contributed by atoms with Gasteiger partial charge in [-0.3, -0.25) is 0 Å². The molecule has 8 aromatic carbocycles. The van der Waals surface area contributed by atoms with Crippen LogP contribution in [0.2, 0.25) is 0 Å². The second-order valence-corrected chi connectivity index (χ2v) is 11.3. The Kier molecular flexibility index (Phi) is 4.81. The summed E-state index contributed by atoms with van der Waals surface area (Å²) in [6.07, 6.45) is 0. The van der Waals surface area contributed by atoms with Crippen molar-refractivity contribution in [3.63, 3.8) is 0 Å². The molecule has 0 aliphatic carbocycles. The van der Waals surface area contributed by atoms with Crippen molar-refractivity contribution in [1.82, 2.24) is 0 Å². The largest absolute Gasteiger partial charge is 0.456 e. The number of furan rings is 1. The van der Waals surface area contributed by atoms with Crippen molar-refractivity contribution in [2.45, 2.75) is 0 Å². The molecule has 0 aliphatic rings. The number of hydrogen-bond acceptors (Lipinski definition) is 1. The summed E-state index contributed by atoms with van der Waals surface area (Å²) in [5.74, 6) is 0. The average Bonchev–Trinajstić information content (AvgIpc) is 3.54. The summed E-state index contributed by atoms with van der Waals surface area (Å²) >= 11 is 0. The van der Waals surface area contributed by atoms with Crippen molar-refractivity contribution < 1.29 is 11.3 Å². The fourth-order valence-corrected chi connectivity index (χ4v) is 6.81. The lowest BCUT2D eigenvalue weighted by atomic mass is 9.85. The fraction of sp³-hybridized carbons (Fsp3) is 0. The molecule has 0 spiro atoms. The highest BCUT2D eigenvalue weighted by Crippen LogP contribution is 2.45. The maximum Gasteiger partial charge on any atom is 0.136 e. The molecule has 0 saturated carbocycles. The molecule has 45 heavy (non-hydrogen) atoms.